The van der Waals surface area contributed by atoms with Crippen molar-refractivity contribution in [1.82, 2.24) is 4.98 Å². The second-order valence-corrected chi connectivity index (χ2v) is 3.56. The Labute approximate surface area is 84.0 Å². The minimum atomic E-state index is 0.695. The van der Waals surface area contributed by atoms with E-state index in [9.17, 15) is 0 Å². The van der Waals surface area contributed by atoms with E-state index in [-0.39, 0.29) is 0 Å². The lowest BCUT2D eigenvalue weighted by Gasteiger charge is -2.27. The second kappa shape index (κ2) is 4.10. The molecule has 0 spiro atoms. The van der Waals surface area contributed by atoms with Crippen molar-refractivity contribution in [2.24, 2.45) is 0 Å². The van der Waals surface area contributed by atoms with Crippen LogP contribution in [0, 0.1) is 11.3 Å². The minimum absolute atomic E-state index is 0.695. The zero-order valence-electron chi connectivity index (χ0n) is 8.11. The molecule has 0 saturated carbocycles. The van der Waals surface area contributed by atoms with E-state index in [1.54, 1.807) is 12.3 Å². The van der Waals surface area contributed by atoms with E-state index < -0.39 is 0 Å². The predicted molar refractivity (Wildman–Crippen MR) is 55.0 cm³/mol. The monoisotopic (exact) mass is 187 g/mol. The first-order valence-electron chi connectivity index (χ1n) is 5.01. The number of nitrogens with zero attached hydrogens (tertiary/aromatic N) is 3. The number of hydrogen-bond donors (Lipinski definition) is 0. The normalized spacial score (nSPS) is 16.4. The Morgan fingerprint density at radius 2 is 2.07 bits per heavy atom. The lowest BCUT2D eigenvalue weighted by atomic mass is 10.1. The maximum atomic E-state index is 8.76. The maximum absolute atomic E-state index is 8.76. The van der Waals surface area contributed by atoms with Crippen LogP contribution in [0.4, 0.5) is 5.82 Å². The van der Waals surface area contributed by atoms with Crippen molar-refractivity contribution in [3.63, 3.8) is 0 Å². The summed E-state index contributed by atoms with van der Waals surface area (Å²) >= 11 is 0. The van der Waals surface area contributed by atoms with Crippen LogP contribution in [0.1, 0.15) is 24.8 Å². The molecule has 1 aromatic heterocycles. The van der Waals surface area contributed by atoms with Crippen LogP contribution in [0.5, 0.6) is 0 Å². The smallest absolute Gasteiger partial charge is 0.129 e. The molecule has 1 fully saturated rings. The molecule has 0 amide bonds. The van der Waals surface area contributed by atoms with Gasteiger partial charge in [-0.25, -0.2) is 4.98 Å². The third-order valence-electron chi connectivity index (χ3n) is 2.55. The molecule has 0 atom stereocenters. The summed E-state index contributed by atoms with van der Waals surface area (Å²) in [5.41, 5.74) is 0.695. The molecule has 0 bridgehead atoms. The van der Waals surface area contributed by atoms with Crippen LogP contribution in [0.15, 0.2) is 18.3 Å². The number of nitriles is 1. The van der Waals surface area contributed by atoms with E-state index in [1.807, 2.05) is 6.07 Å². The Morgan fingerprint density at radius 3 is 2.79 bits per heavy atom. The average molecular weight is 187 g/mol. The van der Waals surface area contributed by atoms with Gasteiger partial charge in [-0.2, -0.15) is 5.26 Å². The molecule has 3 nitrogen and oxygen atoms in total. The van der Waals surface area contributed by atoms with Crippen LogP contribution in [0.2, 0.25) is 0 Å². The lowest BCUT2D eigenvalue weighted by Crippen LogP contribution is -2.30. The highest BCUT2D eigenvalue weighted by molar-refractivity contribution is 5.45. The summed E-state index contributed by atoms with van der Waals surface area (Å²) in [4.78, 5) is 6.54. The largest absolute Gasteiger partial charge is 0.357 e. The van der Waals surface area contributed by atoms with Crippen molar-refractivity contribution >= 4 is 5.82 Å². The van der Waals surface area contributed by atoms with Crippen LogP contribution < -0.4 is 4.90 Å². The van der Waals surface area contributed by atoms with Gasteiger partial charge < -0.3 is 4.90 Å². The molecule has 0 radical (unpaired) electrons. The topological polar surface area (TPSA) is 39.9 Å². The fourth-order valence-electron chi connectivity index (χ4n) is 1.78. The molecule has 2 heterocycles. The van der Waals surface area contributed by atoms with Gasteiger partial charge in [0.1, 0.15) is 5.82 Å². The molecule has 1 aromatic rings. The number of anilines is 1. The summed E-state index contributed by atoms with van der Waals surface area (Å²) in [7, 11) is 0. The Bertz CT molecular complexity index is 348. The molecule has 72 valence electrons. The van der Waals surface area contributed by atoms with Crippen LogP contribution in [-0.2, 0) is 0 Å². The van der Waals surface area contributed by atoms with Crippen molar-refractivity contribution in [1.29, 1.82) is 5.26 Å². The molecule has 0 N–H and O–H groups in total. The van der Waals surface area contributed by atoms with Gasteiger partial charge >= 0.3 is 0 Å². The van der Waals surface area contributed by atoms with Gasteiger partial charge in [0.05, 0.1) is 11.6 Å². The molecule has 1 saturated heterocycles. The van der Waals surface area contributed by atoms with Gasteiger partial charge in [0.15, 0.2) is 0 Å². The fraction of sp³-hybridized carbons (Fsp3) is 0.455. The van der Waals surface area contributed by atoms with E-state index >= 15 is 0 Å². The Morgan fingerprint density at radius 1 is 1.29 bits per heavy atom. The van der Waals surface area contributed by atoms with Crippen LogP contribution in [0.25, 0.3) is 0 Å². The standard InChI is InChI=1S/C11H13N3/c12-9-10-4-5-13-11(8-10)14-6-2-1-3-7-14/h4-5,8H,1-3,6-7H2. The molecular formula is C11H13N3. The number of rotatable bonds is 1. The molecule has 2 rings (SSSR count). The van der Waals surface area contributed by atoms with Crippen LogP contribution >= 0.6 is 0 Å². The zero-order valence-corrected chi connectivity index (χ0v) is 8.11. The van der Waals surface area contributed by atoms with E-state index in [4.69, 9.17) is 5.26 Å². The Hall–Kier alpha value is -1.56. The average Bonchev–Trinajstić information content (AvgIpc) is 2.30. The van der Waals surface area contributed by atoms with E-state index in [0.29, 0.717) is 5.56 Å². The number of piperidine rings is 1. The predicted octanol–water partition coefficient (Wildman–Crippen LogP) is 1.94. The van der Waals surface area contributed by atoms with Gasteiger partial charge in [0.25, 0.3) is 0 Å². The summed E-state index contributed by atoms with van der Waals surface area (Å²) in [5.74, 6) is 0.948. The SMILES string of the molecule is N#Cc1ccnc(N2CCCCC2)c1. The summed E-state index contributed by atoms with van der Waals surface area (Å²) in [5, 5.41) is 8.76. The third-order valence-corrected chi connectivity index (χ3v) is 2.55. The molecule has 3 heteroatoms. The summed E-state index contributed by atoms with van der Waals surface area (Å²) < 4.78 is 0. The summed E-state index contributed by atoms with van der Waals surface area (Å²) in [6.07, 6.45) is 5.49. The number of pyridine rings is 1. The van der Waals surface area contributed by atoms with E-state index in [0.717, 1.165) is 18.9 Å². The molecule has 0 unspecified atom stereocenters. The van der Waals surface area contributed by atoms with Gasteiger partial charge in [0.2, 0.25) is 0 Å². The second-order valence-electron chi connectivity index (χ2n) is 3.56. The fourth-order valence-corrected chi connectivity index (χ4v) is 1.78. The van der Waals surface area contributed by atoms with Gasteiger partial charge in [-0.05, 0) is 31.4 Å². The number of hydrogen-bond acceptors (Lipinski definition) is 3. The quantitative estimate of drug-likeness (QED) is 0.674. The van der Waals surface area contributed by atoms with Crippen molar-refractivity contribution in [2.45, 2.75) is 19.3 Å². The van der Waals surface area contributed by atoms with Crippen molar-refractivity contribution in [3.8, 4) is 6.07 Å². The van der Waals surface area contributed by atoms with Gasteiger partial charge in [0, 0.05) is 19.3 Å². The number of aromatic nitrogens is 1. The maximum Gasteiger partial charge on any atom is 0.129 e. The highest BCUT2D eigenvalue weighted by Gasteiger charge is 2.11. The summed E-state index contributed by atoms with van der Waals surface area (Å²) in [6, 6.07) is 5.75. The molecular weight excluding hydrogens is 174 g/mol. The summed E-state index contributed by atoms with van der Waals surface area (Å²) in [6.45, 7) is 2.14. The van der Waals surface area contributed by atoms with Crippen LogP contribution in [-0.4, -0.2) is 18.1 Å². The Balaban J connectivity index is 2.18. The molecule has 1 aliphatic heterocycles. The van der Waals surface area contributed by atoms with Gasteiger partial charge in [-0.1, -0.05) is 0 Å². The van der Waals surface area contributed by atoms with Crippen molar-refractivity contribution in [3.05, 3.63) is 23.9 Å². The minimum Gasteiger partial charge on any atom is -0.357 e. The van der Waals surface area contributed by atoms with Gasteiger partial charge in [-0.15, -0.1) is 0 Å². The van der Waals surface area contributed by atoms with Gasteiger partial charge in [-0.3, -0.25) is 0 Å². The molecule has 1 aliphatic rings. The third kappa shape index (κ3) is 1.85. The Kier molecular flexibility index (Phi) is 2.64. The lowest BCUT2D eigenvalue weighted by molar-refractivity contribution is 0.573. The molecule has 0 aliphatic carbocycles. The van der Waals surface area contributed by atoms with Crippen molar-refractivity contribution in [2.75, 3.05) is 18.0 Å². The zero-order chi connectivity index (χ0) is 9.80. The first-order valence-corrected chi connectivity index (χ1v) is 5.01. The first-order chi connectivity index (χ1) is 6.90. The first kappa shape index (κ1) is 9.01. The van der Waals surface area contributed by atoms with E-state index in [2.05, 4.69) is 16.0 Å². The highest BCUT2D eigenvalue weighted by atomic mass is 15.2. The van der Waals surface area contributed by atoms with Crippen LogP contribution in [0.3, 0.4) is 0 Å². The molecule has 14 heavy (non-hydrogen) atoms. The van der Waals surface area contributed by atoms with E-state index in [1.165, 1.54) is 19.3 Å². The van der Waals surface area contributed by atoms with Crippen molar-refractivity contribution < 1.29 is 0 Å². The highest BCUT2D eigenvalue weighted by Crippen LogP contribution is 2.17. The molecule has 0 aromatic carbocycles.